The maximum Gasteiger partial charge on any atom is 0.258 e. The Morgan fingerprint density at radius 3 is 2.52 bits per heavy atom. The Kier molecular flexibility index (Phi) is 5.00. The van der Waals surface area contributed by atoms with E-state index in [0.717, 1.165) is 24.1 Å². The lowest BCUT2D eigenvalue weighted by Crippen LogP contribution is -2.36. The van der Waals surface area contributed by atoms with Crippen LogP contribution in [0.25, 0.3) is 0 Å². The molecule has 1 aromatic rings. The SMILES string of the molecule is Cc1ccc(S(=O)(=O)NNN=C2CCC[C@@H](C)[C@@H]2C)cc1. The van der Waals surface area contributed by atoms with Crippen LogP contribution in [-0.4, -0.2) is 14.1 Å². The van der Waals surface area contributed by atoms with Crippen molar-refractivity contribution < 1.29 is 8.42 Å². The molecule has 1 saturated carbocycles. The van der Waals surface area contributed by atoms with Crippen molar-refractivity contribution in [3.05, 3.63) is 29.8 Å². The molecule has 21 heavy (non-hydrogen) atoms. The third kappa shape index (κ3) is 4.04. The van der Waals surface area contributed by atoms with Crippen LogP contribution in [0.4, 0.5) is 0 Å². The van der Waals surface area contributed by atoms with Crippen LogP contribution >= 0.6 is 0 Å². The van der Waals surface area contributed by atoms with Crippen LogP contribution in [0.1, 0.15) is 38.7 Å². The van der Waals surface area contributed by atoms with E-state index >= 15 is 0 Å². The van der Waals surface area contributed by atoms with Crippen LogP contribution in [-0.2, 0) is 10.0 Å². The Morgan fingerprint density at radius 1 is 1.19 bits per heavy atom. The van der Waals surface area contributed by atoms with Gasteiger partial charge in [-0.25, -0.2) is 14.0 Å². The molecule has 2 N–H and O–H groups in total. The monoisotopic (exact) mass is 309 g/mol. The normalized spacial score (nSPS) is 25.0. The molecule has 1 aliphatic carbocycles. The Bertz CT molecular complexity index is 608. The summed E-state index contributed by atoms with van der Waals surface area (Å²) in [7, 11) is -3.58. The Labute approximate surface area is 126 Å². The summed E-state index contributed by atoms with van der Waals surface area (Å²) in [4.78, 5) is 2.54. The molecule has 1 aliphatic rings. The minimum absolute atomic E-state index is 0.228. The van der Waals surface area contributed by atoms with Gasteiger partial charge in [0.1, 0.15) is 0 Å². The molecule has 0 unspecified atom stereocenters. The van der Waals surface area contributed by atoms with Gasteiger partial charge in [-0.05, 0) is 50.2 Å². The first kappa shape index (κ1) is 16.0. The number of aryl methyl sites for hydroxylation is 1. The third-order valence-corrected chi connectivity index (χ3v) is 5.44. The molecule has 0 heterocycles. The predicted molar refractivity (Wildman–Crippen MR) is 84.3 cm³/mol. The molecule has 0 aliphatic heterocycles. The van der Waals surface area contributed by atoms with Crippen molar-refractivity contribution in [2.45, 2.75) is 44.9 Å². The summed E-state index contributed by atoms with van der Waals surface area (Å²) < 4.78 is 24.2. The standard InChI is InChI=1S/C15H23N3O2S/c1-11-7-9-14(10-8-11)21(19,20)18-17-16-15-6-4-5-12(2)13(15)3/h7-10,12-13,17-18H,4-6H2,1-3H3/t12-,13+/m1/s1. The average molecular weight is 309 g/mol. The molecule has 2 atom stereocenters. The number of sulfonamides is 1. The fourth-order valence-corrected chi connectivity index (χ4v) is 3.28. The van der Waals surface area contributed by atoms with Gasteiger partial charge in [0.05, 0.1) is 4.90 Å². The average Bonchev–Trinajstić information content (AvgIpc) is 2.44. The summed E-state index contributed by atoms with van der Waals surface area (Å²) in [6.45, 7) is 6.26. The zero-order valence-corrected chi connectivity index (χ0v) is 13.6. The number of hydrogen-bond donors (Lipinski definition) is 2. The first-order valence-electron chi connectivity index (χ1n) is 7.30. The lowest BCUT2D eigenvalue weighted by atomic mass is 9.80. The van der Waals surface area contributed by atoms with Gasteiger partial charge in [0, 0.05) is 5.71 Å². The van der Waals surface area contributed by atoms with Crippen LogP contribution in [0, 0.1) is 18.8 Å². The minimum atomic E-state index is -3.58. The third-order valence-electron chi connectivity index (χ3n) is 4.18. The fraction of sp³-hybridized carbons (Fsp3) is 0.533. The molecule has 0 saturated heterocycles. The molecule has 1 aromatic carbocycles. The van der Waals surface area contributed by atoms with Crippen molar-refractivity contribution in [1.82, 2.24) is 10.4 Å². The highest BCUT2D eigenvalue weighted by molar-refractivity contribution is 7.89. The summed E-state index contributed by atoms with van der Waals surface area (Å²) in [5.41, 5.74) is 4.56. The number of hydrazine groups is 1. The van der Waals surface area contributed by atoms with Gasteiger partial charge < -0.3 is 0 Å². The van der Waals surface area contributed by atoms with Gasteiger partial charge in [0.15, 0.2) is 0 Å². The lowest BCUT2D eigenvalue weighted by molar-refractivity contribution is 0.400. The van der Waals surface area contributed by atoms with E-state index in [4.69, 9.17) is 0 Å². The number of nitrogens with one attached hydrogen (secondary N) is 2. The Balaban J connectivity index is 2.00. The van der Waals surface area contributed by atoms with Crippen molar-refractivity contribution in [3.8, 4) is 0 Å². The van der Waals surface area contributed by atoms with E-state index in [1.807, 2.05) is 6.92 Å². The van der Waals surface area contributed by atoms with E-state index in [1.54, 1.807) is 24.3 Å². The number of benzene rings is 1. The zero-order valence-electron chi connectivity index (χ0n) is 12.8. The van der Waals surface area contributed by atoms with Crippen LogP contribution in [0.3, 0.4) is 0 Å². The van der Waals surface area contributed by atoms with E-state index in [9.17, 15) is 8.42 Å². The molecule has 0 bridgehead atoms. The largest absolute Gasteiger partial charge is 0.258 e. The maximum absolute atomic E-state index is 12.1. The van der Waals surface area contributed by atoms with Crippen LogP contribution < -0.4 is 10.4 Å². The highest BCUT2D eigenvalue weighted by Gasteiger charge is 2.23. The molecule has 116 valence electrons. The first-order valence-corrected chi connectivity index (χ1v) is 8.78. The number of nitrogens with zero attached hydrogens (tertiary/aromatic N) is 1. The van der Waals surface area contributed by atoms with Crippen LogP contribution in [0.5, 0.6) is 0 Å². The van der Waals surface area contributed by atoms with Crippen molar-refractivity contribution in [1.29, 1.82) is 0 Å². The second-order valence-corrected chi connectivity index (χ2v) is 7.47. The van der Waals surface area contributed by atoms with E-state index in [-0.39, 0.29) is 4.90 Å². The van der Waals surface area contributed by atoms with Gasteiger partial charge in [-0.15, -0.1) is 4.83 Å². The van der Waals surface area contributed by atoms with Crippen LogP contribution in [0.2, 0.25) is 0 Å². The molecule has 0 amide bonds. The van der Waals surface area contributed by atoms with Gasteiger partial charge in [0.2, 0.25) is 0 Å². The van der Waals surface area contributed by atoms with Crippen molar-refractivity contribution >= 4 is 15.7 Å². The van der Waals surface area contributed by atoms with Crippen molar-refractivity contribution in [2.75, 3.05) is 0 Å². The summed E-state index contributed by atoms with van der Waals surface area (Å²) in [6, 6.07) is 6.70. The van der Waals surface area contributed by atoms with Gasteiger partial charge >= 0.3 is 0 Å². The molecule has 5 nitrogen and oxygen atoms in total. The van der Waals surface area contributed by atoms with E-state index in [0.29, 0.717) is 11.8 Å². The zero-order chi connectivity index (χ0) is 15.5. The molecular weight excluding hydrogens is 286 g/mol. The maximum atomic E-state index is 12.1. The van der Waals surface area contributed by atoms with E-state index < -0.39 is 10.0 Å². The summed E-state index contributed by atoms with van der Waals surface area (Å²) in [5.74, 6) is 0.975. The van der Waals surface area contributed by atoms with Gasteiger partial charge in [-0.3, -0.25) is 0 Å². The van der Waals surface area contributed by atoms with Gasteiger partial charge in [-0.2, -0.15) is 5.10 Å². The quantitative estimate of drug-likeness (QED) is 0.840. The summed E-state index contributed by atoms with van der Waals surface area (Å²) in [5, 5.41) is 4.22. The van der Waals surface area contributed by atoms with Crippen molar-refractivity contribution in [2.24, 2.45) is 16.9 Å². The van der Waals surface area contributed by atoms with E-state index in [2.05, 4.69) is 29.3 Å². The van der Waals surface area contributed by atoms with Gasteiger partial charge in [-0.1, -0.05) is 31.5 Å². The Morgan fingerprint density at radius 2 is 1.86 bits per heavy atom. The molecule has 2 rings (SSSR count). The van der Waals surface area contributed by atoms with Crippen molar-refractivity contribution in [3.63, 3.8) is 0 Å². The molecule has 1 fully saturated rings. The highest BCUT2D eigenvalue weighted by Crippen LogP contribution is 2.26. The van der Waals surface area contributed by atoms with Gasteiger partial charge in [0.25, 0.3) is 10.0 Å². The molecule has 0 spiro atoms. The molecule has 0 radical (unpaired) electrons. The summed E-state index contributed by atoms with van der Waals surface area (Å²) in [6.07, 6.45) is 3.23. The predicted octanol–water partition coefficient (Wildman–Crippen LogP) is 2.59. The number of rotatable bonds is 4. The molecule has 0 aromatic heterocycles. The molecule has 6 heteroatoms. The number of hydrazone groups is 1. The smallest absolute Gasteiger partial charge is 0.229 e. The minimum Gasteiger partial charge on any atom is -0.229 e. The molecular formula is C15H23N3O2S. The topological polar surface area (TPSA) is 70.6 Å². The highest BCUT2D eigenvalue weighted by atomic mass is 32.2. The number of hydrogen-bond acceptors (Lipinski definition) is 4. The van der Waals surface area contributed by atoms with Crippen LogP contribution in [0.15, 0.2) is 34.3 Å². The summed E-state index contributed by atoms with van der Waals surface area (Å²) >= 11 is 0. The van der Waals surface area contributed by atoms with E-state index in [1.165, 1.54) is 6.42 Å². The Hall–Kier alpha value is -1.40. The lowest BCUT2D eigenvalue weighted by Gasteiger charge is -2.27. The fourth-order valence-electron chi connectivity index (χ4n) is 2.50. The second-order valence-electron chi connectivity index (χ2n) is 5.79. The second kappa shape index (κ2) is 6.58. The first-order chi connectivity index (χ1) is 9.90.